The Morgan fingerprint density at radius 1 is 1.26 bits per heavy atom. The maximum atomic E-state index is 12.8. The molecular formula is C14H18F2N2O3S2. The molecule has 23 heavy (non-hydrogen) atoms. The Bertz CT molecular complexity index is 676. The summed E-state index contributed by atoms with van der Waals surface area (Å²) in [5, 5.41) is 4.72. The zero-order valence-electron chi connectivity index (χ0n) is 12.4. The lowest BCUT2D eigenvalue weighted by Crippen LogP contribution is -2.33. The maximum Gasteiger partial charge on any atom is 0.341 e. The minimum absolute atomic E-state index is 0.101. The average Bonchev–Trinajstić information content (AvgIpc) is 3.12. The Kier molecular flexibility index (Phi) is 4.70. The number of rotatable bonds is 3. The maximum absolute atomic E-state index is 12.8. The Morgan fingerprint density at radius 2 is 1.87 bits per heavy atom. The predicted molar refractivity (Wildman–Crippen MR) is 82.5 cm³/mol. The summed E-state index contributed by atoms with van der Waals surface area (Å²) >= 11 is 0.908. The number of likely N-dealkylation sites (tertiary alicyclic amines) is 1. The molecule has 1 aromatic heterocycles. The first-order valence-electron chi connectivity index (χ1n) is 7.51. The number of carbonyl (C=O) groups excluding carboxylic acids is 1. The van der Waals surface area contributed by atoms with Gasteiger partial charge in [0.25, 0.3) is 5.91 Å². The predicted octanol–water partition coefficient (Wildman–Crippen LogP) is 1.82. The number of alkyl halides is 2. The zero-order chi connectivity index (χ0) is 16.6. The van der Waals surface area contributed by atoms with E-state index >= 15 is 0 Å². The van der Waals surface area contributed by atoms with Crippen molar-refractivity contribution in [1.29, 1.82) is 0 Å². The van der Waals surface area contributed by atoms with Gasteiger partial charge in [0, 0.05) is 13.1 Å². The van der Waals surface area contributed by atoms with E-state index in [1.165, 1.54) is 5.38 Å². The van der Waals surface area contributed by atoms with E-state index in [1.807, 2.05) is 0 Å². The van der Waals surface area contributed by atoms with Gasteiger partial charge in [-0.1, -0.05) is 0 Å². The van der Waals surface area contributed by atoms with Crippen LogP contribution >= 0.6 is 11.3 Å². The summed E-state index contributed by atoms with van der Waals surface area (Å²) < 4.78 is 48.9. The van der Waals surface area contributed by atoms with Crippen LogP contribution in [0.5, 0.6) is 0 Å². The number of nitrogens with zero attached hydrogens (tertiary/aromatic N) is 1. The van der Waals surface area contributed by atoms with Crippen LogP contribution in [0.15, 0.2) is 16.3 Å². The fourth-order valence-electron chi connectivity index (χ4n) is 3.34. The summed E-state index contributed by atoms with van der Waals surface area (Å²) in [6, 6.07) is 1.09. The minimum Gasteiger partial charge on any atom is -0.338 e. The van der Waals surface area contributed by atoms with Crippen LogP contribution in [0.4, 0.5) is 8.78 Å². The molecule has 1 aromatic rings. The van der Waals surface area contributed by atoms with E-state index in [0.717, 1.165) is 43.3 Å². The van der Waals surface area contributed by atoms with Crippen molar-refractivity contribution in [3.63, 3.8) is 0 Å². The van der Waals surface area contributed by atoms with Crippen molar-refractivity contribution >= 4 is 27.1 Å². The van der Waals surface area contributed by atoms with Gasteiger partial charge in [-0.15, -0.1) is 11.3 Å². The van der Waals surface area contributed by atoms with Gasteiger partial charge in [-0.05, 0) is 49.2 Å². The average molecular weight is 364 g/mol. The molecule has 0 bridgehead atoms. The fourth-order valence-corrected chi connectivity index (χ4v) is 5.47. The van der Waals surface area contributed by atoms with Gasteiger partial charge >= 0.3 is 5.76 Å². The summed E-state index contributed by atoms with van der Waals surface area (Å²) in [5.41, 5.74) is 0. The molecule has 2 aliphatic heterocycles. The fraction of sp³-hybridized carbons (Fsp3) is 0.643. The molecule has 2 fully saturated rings. The molecule has 2 atom stereocenters. The van der Waals surface area contributed by atoms with E-state index in [4.69, 9.17) is 0 Å². The molecule has 1 N–H and O–H groups in total. The highest BCUT2D eigenvalue weighted by Gasteiger charge is 2.36. The number of amides is 1. The molecule has 0 aliphatic carbocycles. The largest absolute Gasteiger partial charge is 0.341 e. The van der Waals surface area contributed by atoms with E-state index in [9.17, 15) is 22.0 Å². The molecule has 3 rings (SSSR count). The van der Waals surface area contributed by atoms with Crippen molar-refractivity contribution in [1.82, 2.24) is 10.2 Å². The second-order valence-corrected chi connectivity index (χ2v) is 8.77. The number of carbonyl (C=O) groups is 1. The first kappa shape index (κ1) is 16.8. The van der Waals surface area contributed by atoms with Crippen molar-refractivity contribution in [3.8, 4) is 0 Å². The summed E-state index contributed by atoms with van der Waals surface area (Å²) in [4.78, 5) is 13.6. The molecule has 128 valence electrons. The standard InChI is InChI=1S/C14H18F2N2O3S2/c15-14(16)23(20,21)11-3-6-22-12(11)13(19)18-4-1-9-7-17-8-10(9)2-5-18/h3,6,9-10,14,17H,1-2,4-5,7-8H2/t9-,10+. The number of thiophene rings is 1. The van der Waals surface area contributed by atoms with Crippen LogP contribution in [-0.4, -0.2) is 51.2 Å². The highest BCUT2D eigenvalue weighted by molar-refractivity contribution is 7.92. The molecule has 1 amide bonds. The molecule has 0 unspecified atom stereocenters. The van der Waals surface area contributed by atoms with Crippen molar-refractivity contribution < 1.29 is 22.0 Å². The third-order valence-electron chi connectivity index (χ3n) is 4.67. The minimum atomic E-state index is -4.75. The van der Waals surface area contributed by atoms with Crippen LogP contribution in [0, 0.1) is 11.8 Å². The van der Waals surface area contributed by atoms with Crippen LogP contribution in [0.1, 0.15) is 22.5 Å². The van der Waals surface area contributed by atoms with Crippen LogP contribution in [0.2, 0.25) is 0 Å². The molecule has 9 heteroatoms. The van der Waals surface area contributed by atoms with Gasteiger partial charge in [0.15, 0.2) is 0 Å². The molecule has 0 radical (unpaired) electrons. The normalized spacial score (nSPS) is 25.4. The van der Waals surface area contributed by atoms with E-state index in [-0.39, 0.29) is 4.88 Å². The van der Waals surface area contributed by atoms with Crippen LogP contribution in [-0.2, 0) is 9.84 Å². The lowest BCUT2D eigenvalue weighted by molar-refractivity contribution is 0.0760. The number of hydrogen-bond acceptors (Lipinski definition) is 5. The van der Waals surface area contributed by atoms with Gasteiger partial charge in [0.2, 0.25) is 9.84 Å². The second-order valence-electron chi connectivity index (χ2n) is 5.97. The first-order chi connectivity index (χ1) is 10.9. The zero-order valence-corrected chi connectivity index (χ0v) is 14.0. The molecule has 0 spiro atoms. The van der Waals surface area contributed by atoms with Gasteiger partial charge in [-0.2, -0.15) is 8.78 Å². The molecule has 2 saturated heterocycles. The summed E-state index contributed by atoms with van der Waals surface area (Å²) in [6.45, 7) is 2.95. The van der Waals surface area contributed by atoms with Gasteiger partial charge in [0.1, 0.15) is 4.88 Å². The van der Waals surface area contributed by atoms with Gasteiger partial charge in [0.05, 0.1) is 4.90 Å². The number of hydrogen-bond donors (Lipinski definition) is 1. The molecule has 0 saturated carbocycles. The number of sulfone groups is 1. The molecule has 0 aromatic carbocycles. The third kappa shape index (κ3) is 3.14. The third-order valence-corrected chi connectivity index (χ3v) is 7.12. The second kappa shape index (κ2) is 6.45. The van der Waals surface area contributed by atoms with Crippen LogP contribution in [0.3, 0.4) is 0 Å². The smallest absolute Gasteiger partial charge is 0.338 e. The van der Waals surface area contributed by atoms with Crippen molar-refractivity contribution in [3.05, 3.63) is 16.3 Å². The highest BCUT2D eigenvalue weighted by atomic mass is 32.2. The van der Waals surface area contributed by atoms with E-state index in [0.29, 0.717) is 24.9 Å². The van der Waals surface area contributed by atoms with Gasteiger partial charge in [-0.3, -0.25) is 4.79 Å². The summed E-state index contributed by atoms with van der Waals surface area (Å²) in [5.74, 6) is -2.91. The lowest BCUT2D eigenvalue weighted by atomic mass is 9.92. The molecule has 5 nitrogen and oxygen atoms in total. The lowest BCUT2D eigenvalue weighted by Gasteiger charge is -2.20. The highest BCUT2D eigenvalue weighted by Crippen LogP contribution is 2.31. The van der Waals surface area contributed by atoms with Crippen molar-refractivity contribution in [2.45, 2.75) is 23.5 Å². The summed E-state index contributed by atoms with van der Waals surface area (Å²) in [7, 11) is -4.75. The van der Waals surface area contributed by atoms with Gasteiger partial charge < -0.3 is 10.2 Å². The SMILES string of the molecule is O=C(c1sccc1S(=O)(=O)C(F)F)N1CC[C@@H]2CNC[C@@H]2CC1. The molecule has 2 aliphatic rings. The Labute approximate surface area is 137 Å². The monoisotopic (exact) mass is 364 g/mol. The molecule has 3 heterocycles. The number of halogens is 2. The summed E-state index contributed by atoms with van der Waals surface area (Å²) in [6.07, 6.45) is 1.71. The Hall–Kier alpha value is -1.06. The first-order valence-corrected chi connectivity index (χ1v) is 9.93. The van der Waals surface area contributed by atoms with Crippen molar-refractivity contribution in [2.75, 3.05) is 26.2 Å². The van der Waals surface area contributed by atoms with E-state index < -0.39 is 26.4 Å². The number of nitrogens with one attached hydrogen (secondary N) is 1. The van der Waals surface area contributed by atoms with Crippen LogP contribution in [0.25, 0.3) is 0 Å². The molecular weight excluding hydrogens is 346 g/mol. The Morgan fingerprint density at radius 3 is 2.43 bits per heavy atom. The van der Waals surface area contributed by atoms with E-state index in [1.54, 1.807) is 4.90 Å². The van der Waals surface area contributed by atoms with E-state index in [2.05, 4.69) is 5.32 Å². The van der Waals surface area contributed by atoms with Crippen molar-refractivity contribution in [2.24, 2.45) is 11.8 Å². The van der Waals surface area contributed by atoms with Gasteiger partial charge in [-0.25, -0.2) is 8.42 Å². The topological polar surface area (TPSA) is 66.5 Å². The Balaban J connectivity index is 1.80. The quantitative estimate of drug-likeness (QED) is 0.888. The van der Waals surface area contributed by atoms with Crippen LogP contribution < -0.4 is 5.32 Å². The number of fused-ring (bicyclic) bond motifs is 1.